The normalized spacial score (nSPS) is 15.1. The van der Waals surface area contributed by atoms with Gasteiger partial charge in [0.1, 0.15) is 5.82 Å². The van der Waals surface area contributed by atoms with Crippen molar-refractivity contribution in [2.24, 2.45) is 4.99 Å². The van der Waals surface area contributed by atoms with Gasteiger partial charge in [-0.3, -0.25) is 9.39 Å². The van der Waals surface area contributed by atoms with Crippen LogP contribution in [0.5, 0.6) is 0 Å². The summed E-state index contributed by atoms with van der Waals surface area (Å²) in [6.45, 7) is 5.36. The Bertz CT molecular complexity index is 979. The minimum absolute atomic E-state index is 0. The van der Waals surface area contributed by atoms with E-state index in [4.69, 9.17) is 0 Å². The highest BCUT2D eigenvalue weighted by Crippen LogP contribution is 2.14. The van der Waals surface area contributed by atoms with Gasteiger partial charge in [0.2, 0.25) is 0 Å². The molecule has 3 aromatic rings. The first-order chi connectivity index (χ1) is 14.2. The van der Waals surface area contributed by atoms with Crippen molar-refractivity contribution in [2.75, 3.05) is 45.2 Å². The van der Waals surface area contributed by atoms with Gasteiger partial charge in [-0.15, -0.1) is 34.2 Å². The van der Waals surface area contributed by atoms with Crippen LogP contribution in [0.4, 0.5) is 5.82 Å². The fourth-order valence-corrected chi connectivity index (χ4v) is 3.36. The van der Waals surface area contributed by atoms with Crippen LogP contribution in [0.1, 0.15) is 11.4 Å². The molecule has 0 unspecified atom stereocenters. The molecule has 30 heavy (non-hydrogen) atoms. The van der Waals surface area contributed by atoms with E-state index >= 15 is 0 Å². The average Bonchev–Trinajstić information content (AvgIpc) is 3.18. The average molecular weight is 521 g/mol. The molecular weight excluding hydrogens is 493 g/mol. The van der Waals surface area contributed by atoms with E-state index in [-0.39, 0.29) is 24.0 Å². The van der Waals surface area contributed by atoms with Crippen molar-refractivity contribution in [1.29, 1.82) is 0 Å². The van der Waals surface area contributed by atoms with Crippen molar-refractivity contribution < 1.29 is 0 Å². The molecule has 1 fully saturated rings. The summed E-state index contributed by atoms with van der Waals surface area (Å²) in [6, 6.07) is 10.0. The van der Waals surface area contributed by atoms with Gasteiger partial charge in [-0.2, -0.15) is 0 Å². The molecule has 0 atom stereocenters. The lowest BCUT2D eigenvalue weighted by molar-refractivity contribution is 0.312. The van der Waals surface area contributed by atoms with Gasteiger partial charge in [-0.05, 0) is 36.9 Å². The van der Waals surface area contributed by atoms with Crippen LogP contribution < -0.4 is 15.5 Å². The van der Waals surface area contributed by atoms with Crippen molar-refractivity contribution in [3.8, 4) is 0 Å². The van der Waals surface area contributed by atoms with Crippen LogP contribution in [0.25, 0.3) is 5.65 Å². The Hall–Kier alpha value is -2.47. The Morgan fingerprint density at radius 2 is 1.87 bits per heavy atom. The molecular formula is C20H28IN9. The number of fused-ring (bicyclic) bond motifs is 1. The topological polar surface area (TPSA) is 86.0 Å². The minimum Gasteiger partial charge on any atom is -0.354 e. The minimum atomic E-state index is 0. The number of guanidine groups is 1. The number of hydrogen-bond acceptors (Lipinski definition) is 6. The highest BCUT2D eigenvalue weighted by molar-refractivity contribution is 14.0. The Labute approximate surface area is 193 Å². The fraction of sp³-hybridized carbons (Fsp3) is 0.400. The van der Waals surface area contributed by atoms with Crippen LogP contribution in [0.2, 0.25) is 0 Å². The fourth-order valence-electron chi connectivity index (χ4n) is 3.36. The zero-order chi connectivity index (χ0) is 20.1. The van der Waals surface area contributed by atoms with Gasteiger partial charge in [0, 0.05) is 52.2 Å². The van der Waals surface area contributed by atoms with Crippen LogP contribution >= 0.6 is 24.0 Å². The third kappa shape index (κ3) is 5.36. The second-order valence-corrected chi connectivity index (χ2v) is 7.14. The standard InChI is InChI=1S/C20H27N9.HI/c1-21-20(24-15-19-26-25-17-5-3-4-8-29(17)19)23-14-16-6-7-22-18(13-16)28-11-9-27(2)10-12-28;/h3-8,13H,9-12,14-15H2,1-2H3,(H2,21,23,24);1H. The second kappa shape index (κ2) is 10.5. The van der Waals surface area contributed by atoms with Gasteiger partial charge < -0.3 is 20.4 Å². The van der Waals surface area contributed by atoms with Crippen LogP contribution in [0, 0.1) is 0 Å². The van der Waals surface area contributed by atoms with Crippen molar-refractivity contribution in [3.05, 3.63) is 54.1 Å². The Morgan fingerprint density at radius 3 is 2.67 bits per heavy atom. The van der Waals surface area contributed by atoms with E-state index in [1.807, 2.05) is 41.1 Å². The Kier molecular flexibility index (Phi) is 7.80. The lowest BCUT2D eigenvalue weighted by atomic mass is 10.2. The number of aromatic nitrogens is 4. The largest absolute Gasteiger partial charge is 0.354 e. The Balaban J connectivity index is 0.00000256. The van der Waals surface area contributed by atoms with E-state index in [9.17, 15) is 0 Å². The molecule has 9 nitrogen and oxygen atoms in total. The molecule has 1 aliphatic rings. The predicted octanol–water partition coefficient (Wildman–Crippen LogP) is 1.36. The Morgan fingerprint density at radius 1 is 1.07 bits per heavy atom. The SMILES string of the molecule is CN=C(NCc1ccnc(N2CCN(C)CC2)c1)NCc1nnc2ccccn12.I. The molecule has 4 heterocycles. The molecule has 0 aromatic carbocycles. The molecule has 3 aromatic heterocycles. The smallest absolute Gasteiger partial charge is 0.191 e. The summed E-state index contributed by atoms with van der Waals surface area (Å²) in [7, 11) is 3.92. The number of pyridine rings is 2. The number of piperazine rings is 1. The quantitative estimate of drug-likeness (QED) is 0.298. The van der Waals surface area contributed by atoms with Gasteiger partial charge in [0.25, 0.3) is 0 Å². The number of anilines is 1. The number of likely N-dealkylation sites (N-methyl/N-ethyl adjacent to an activating group) is 1. The van der Waals surface area contributed by atoms with Crippen LogP contribution in [0.3, 0.4) is 0 Å². The first-order valence-corrected chi connectivity index (χ1v) is 9.84. The van der Waals surface area contributed by atoms with Gasteiger partial charge in [-0.1, -0.05) is 6.07 Å². The maximum atomic E-state index is 4.55. The number of nitrogens with zero attached hydrogens (tertiary/aromatic N) is 7. The molecule has 0 aliphatic carbocycles. The monoisotopic (exact) mass is 521 g/mol. The van der Waals surface area contributed by atoms with Crippen LogP contribution in [0.15, 0.2) is 47.7 Å². The van der Waals surface area contributed by atoms with Crippen molar-refractivity contribution in [3.63, 3.8) is 0 Å². The lowest BCUT2D eigenvalue weighted by Gasteiger charge is -2.33. The van der Waals surface area contributed by atoms with E-state index in [1.54, 1.807) is 7.05 Å². The van der Waals surface area contributed by atoms with Crippen LogP contribution in [-0.2, 0) is 13.1 Å². The van der Waals surface area contributed by atoms with Crippen molar-refractivity contribution in [2.45, 2.75) is 13.1 Å². The lowest BCUT2D eigenvalue weighted by Crippen LogP contribution is -2.44. The molecule has 160 valence electrons. The zero-order valence-corrected chi connectivity index (χ0v) is 19.7. The number of hydrogen-bond donors (Lipinski definition) is 2. The molecule has 0 radical (unpaired) electrons. The van der Waals surface area contributed by atoms with Crippen molar-refractivity contribution >= 4 is 41.4 Å². The van der Waals surface area contributed by atoms with Gasteiger partial charge in [-0.25, -0.2) is 4.98 Å². The van der Waals surface area contributed by atoms with Gasteiger partial charge in [0.05, 0.1) is 6.54 Å². The molecule has 0 spiro atoms. The highest BCUT2D eigenvalue weighted by Gasteiger charge is 2.15. The number of nitrogens with one attached hydrogen (secondary N) is 2. The molecule has 10 heteroatoms. The van der Waals surface area contributed by atoms with Crippen molar-refractivity contribution in [1.82, 2.24) is 35.1 Å². The molecule has 2 N–H and O–H groups in total. The summed E-state index contributed by atoms with van der Waals surface area (Å²) >= 11 is 0. The van der Waals surface area contributed by atoms with Gasteiger partial charge >= 0.3 is 0 Å². The second-order valence-electron chi connectivity index (χ2n) is 7.14. The molecule has 4 rings (SSSR count). The molecule has 1 aliphatic heterocycles. The summed E-state index contributed by atoms with van der Waals surface area (Å²) in [6.07, 6.45) is 3.84. The summed E-state index contributed by atoms with van der Waals surface area (Å²) in [5.74, 6) is 2.59. The summed E-state index contributed by atoms with van der Waals surface area (Å²) in [5, 5.41) is 15.1. The first-order valence-electron chi connectivity index (χ1n) is 9.84. The number of halogens is 1. The zero-order valence-electron chi connectivity index (χ0n) is 17.3. The number of rotatable bonds is 5. The maximum Gasteiger partial charge on any atom is 0.191 e. The molecule has 0 saturated carbocycles. The summed E-state index contributed by atoms with van der Waals surface area (Å²) in [4.78, 5) is 13.5. The van der Waals surface area contributed by atoms with E-state index in [2.05, 4.69) is 53.7 Å². The first kappa shape index (κ1) is 22.2. The predicted molar refractivity (Wildman–Crippen MR) is 129 cm³/mol. The molecule has 1 saturated heterocycles. The summed E-state index contributed by atoms with van der Waals surface area (Å²) in [5.41, 5.74) is 2.00. The van der Waals surface area contributed by atoms with E-state index in [0.717, 1.165) is 49.4 Å². The van der Waals surface area contributed by atoms with E-state index in [0.29, 0.717) is 13.1 Å². The highest BCUT2D eigenvalue weighted by atomic mass is 127. The molecule has 0 bridgehead atoms. The summed E-state index contributed by atoms with van der Waals surface area (Å²) < 4.78 is 1.96. The van der Waals surface area contributed by atoms with Gasteiger partial charge in [0.15, 0.2) is 17.4 Å². The van der Waals surface area contributed by atoms with Crippen LogP contribution in [-0.4, -0.2) is 70.7 Å². The number of aliphatic imine (C=N–C) groups is 1. The maximum absolute atomic E-state index is 4.55. The molecule has 0 amide bonds. The third-order valence-corrected chi connectivity index (χ3v) is 5.12. The van der Waals surface area contributed by atoms with E-state index < -0.39 is 0 Å². The van der Waals surface area contributed by atoms with E-state index in [1.165, 1.54) is 5.56 Å². The third-order valence-electron chi connectivity index (χ3n) is 5.12.